The molecule has 1 atom stereocenters. The highest BCUT2D eigenvalue weighted by Crippen LogP contribution is 2.20. The van der Waals surface area contributed by atoms with E-state index in [1.54, 1.807) is 6.20 Å². The molecule has 0 fully saturated rings. The summed E-state index contributed by atoms with van der Waals surface area (Å²) in [5.74, 6) is 1.30. The fourth-order valence-corrected chi connectivity index (χ4v) is 3.53. The van der Waals surface area contributed by atoms with Gasteiger partial charge in [-0.3, -0.25) is 4.79 Å². The van der Waals surface area contributed by atoms with Crippen LogP contribution in [0.2, 0.25) is 0 Å². The molecule has 0 bridgehead atoms. The topological polar surface area (TPSA) is 66.9 Å². The van der Waals surface area contributed by atoms with E-state index in [0.29, 0.717) is 17.2 Å². The fraction of sp³-hybridized carbons (Fsp3) is 0.179. The molecule has 4 aromatic rings. The summed E-state index contributed by atoms with van der Waals surface area (Å²) < 4.78 is 0. The first kappa shape index (κ1) is 22.2. The predicted octanol–water partition coefficient (Wildman–Crippen LogP) is 5.95. The number of hydrogen-bond donors (Lipinski definition) is 2. The van der Waals surface area contributed by atoms with E-state index in [1.807, 2.05) is 79.7 Å². The molecule has 1 heterocycles. The number of aromatic nitrogens is 2. The molecule has 3 aromatic carbocycles. The van der Waals surface area contributed by atoms with E-state index in [-0.39, 0.29) is 11.9 Å². The van der Waals surface area contributed by atoms with Crippen molar-refractivity contribution in [1.29, 1.82) is 0 Å². The quantitative estimate of drug-likeness (QED) is 0.358. The first-order valence-electron chi connectivity index (χ1n) is 11.2. The summed E-state index contributed by atoms with van der Waals surface area (Å²) >= 11 is 0. The summed E-state index contributed by atoms with van der Waals surface area (Å²) in [5, 5.41) is 6.37. The predicted molar refractivity (Wildman–Crippen MR) is 134 cm³/mol. The molecule has 0 aliphatic rings. The molecule has 1 unspecified atom stereocenters. The maximum Gasteiger partial charge on any atom is 0.251 e. The van der Waals surface area contributed by atoms with Crippen molar-refractivity contribution < 1.29 is 4.79 Å². The Hall–Kier alpha value is -3.99. The molecule has 0 spiro atoms. The monoisotopic (exact) mass is 436 g/mol. The summed E-state index contributed by atoms with van der Waals surface area (Å²) in [5.41, 5.74) is 4.94. The Morgan fingerprint density at radius 2 is 1.64 bits per heavy atom. The van der Waals surface area contributed by atoms with Crippen LogP contribution in [0.5, 0.6) is 0 Å². The molecule has 0 aliphatic heterocycles. The molecular weight excluding hydrogens is 408 g/mol. The molecule has 166 valence electrons. The van der Waals surface area contributed by atoms with Gasteiger partial charge in [0.15, 0.2) is 5.82 Å². The van der Waals surface area contributed by atoms with Crippen molar-refractivity contribution in [3.05, 3.63) is 108 Å². The number of nitrogens with zero attached hydrogens (tertiary/aromatic N) is 2. The molecule has 5 nitrogen and oxygen atoms in total. The number of carbonyl (C=O) groups excluding carboxylic acids is 1. The maximum atomic E-state index is 12.6. The molecule has 1 amide bonds. The molecule has 5 heteroatoms. The molecule has 0 saturated carbocycles. The van der Waals surface area contributed by atoms with Crippen LogP contribution in [-0.2, 0) is 6.42 Å². The maximum absolute atomic E-state index is 12.6. The number of benzene rings is 3. The SMILES string of the molecule is Cc1ccc(-c2nccc(Nc3ccc(C(=O)NC(C)CCc4ccccc4)cc3)n2)cc1. The average Bonchev–Trinajstić information content (AvgIpc) is 2.84. The lowest BCUT2D eigenvalue weighted by molar-refractivity contribution is 0.0938. The first-order chi connectivity index (χ1) is 16.1. The Balaban J connectivity index is 1.34. The lowest BCUT2D eigenvalue weighted by atomic mass is 10.1. The number of aryl methyl sites for hydroxylation is 2. The van der Waals surface area contributed by atoms with Crippen molar-refractivity contribution >= 4 is 17.4 Å². The zero-order valence-electron chi connectivity index (χ0n) is 19.0. The van der Waals surface area contributed by atoms with Crippen molar-refractivity contribution in [3.63, 3.8) is 0 Å². The lowest BCUT2D eigenvalue weighted by Crippen LogP contribution is -2.32. The van der Waals surface area contributed by atoms with E-state index in [9.17, 15) is 4.79 Å². The largest absolute Gasteiger partial charge is 0.350 e. The van der Waals surface area contributed by atoms with Crippen LogP contribution in [0.1, 0.15) is 34.8 Å². The van der Waals surface area contributed by atoms with Gasteiger partial charge in [0.1, 0.15) is 5.82 Å². The minimum Gasteiger partial charge on any atom is -0.350 e. The zero-order chi connectivity index (χ0) is 23.0. The van der Waals surface area contributed by atoms with Crippen molar-refractivity contribution in [3.8, 4) is 11.4 Å². The molecule has 1 aromatic heterocycles. The Kier molecular flexibility index (Phi) is 7.10. The second-order valence-corrected chi connectivity index (χ2v) is 8.23. The number of hydrogen-bond acceptors (Lipinski definition) is 4. The van der Waals surface area contributed by atoms with Gasteiger partial charge in [0.05, 0.1) is 0 Å². The average molecular weight is 437 g/mol. The van der Waals surface area contributed by atoms with Crippen LogP contribution < -0.4 is 10.6 Å². The third kappa shape index (κ3) is 6.26. The summed E-state index contributed by atoms with van der Waals surface area (Å²) in [6, 6.07) is 27.8. The zero-order valence-corrected chi connectivity index (χ0v) is 19.0. The van der Waals surface area contributed by atoms with Crippen LogP contribution >= 0.6 is 0 Å². The smallest absolute Gasteiger partial charge is 0.251 e. The molecular formula is C28H28N4O. The van der Waals surface area contributed by atoms with Crippen LogP contribution in [0.4, 0.5) is 11.5 Å². The summed E-state index contributed by atoms with van der Waals surface area (Å²) in [6.45, 7) is 4.09. The van der Waals surface area contributed by atoms with Gasteiger partial charge in [-0.1, -0.05) is 60.2 Å². The van der Waals surface area contributed by atoms with Gasteiger partial charge in [-0.2, -0.15) is 0 Å². The number of rotatable bonds is 8. The Labute approximate surface area is 194 Å². The van der Waals surface area contributed by atoms with E-state index in [0.717, 1.165) is 24.1 Å². The van der Waals surface area contributed by atoms with Gasteiger partial charge in [0.2, 0.25) is 0 Å². The summed E-state index contributed by atoms with van der Waals surface area (Å²) in [6.07, 6.45) is 3.57. The fourth-order valence-electron chi connectivity index (χ4n) is 3.53. The van der Waals surface area contributed by atoms with Crippen LogP contribution in [0.15, 0.2) is 91.1 Å². The summed E-state index contributed by atoms with van der Waals surface area (Å²) in [7, 11) is 0. The number of carbonyl (C=O) groups is 1. The number of amides is 1. The Morgan fingerprint density at radius 3 is 2.36 bits per heavy atom. The van der Waals surface area contributed by atoms with E-state index >= 15 is 0 Å². The van der Waals surface area contributed by atoms with Crippen molar-refractivity contribution in [2.24, 2.45) is 0 Å². The van der Waals surface area contributed by atoms with Crippen molar-refractivity contribution in [1.82, 2.24) is 15.3 Å². The van der Waals surface area contributed by atoms with E-state index in [2.05, 4.69) is 39.7 Å². The highest BCUT2D eigenvalue weighted by Gasteiger charge is 2.10. The number of nitrogens with one attached hydrogen (secondary N) is 2. The van der Waals surface area contributed by atoms with Crippen LogP contribution in [0.3, 0.4) is 0 Å². The molecule has 0 radical (unpaired) electrons. The van der Waals surface area contributed by atoms with Gasteiger partial charge < -0.3 is 10.6 Å². The second kappa shape index (κ2) is 10.6. The van der Waals surface area contributed by atoms with Gasteiger partial charge in [0.25, 0.3) is 5.91 Å². The minimum atomic E-state index is -0.0641. The highest BCUT2D eigenvalue weighted by molar-refractivity contribution is 5.94. The van der Waals surface area contributed by atoms with Gasteiger partial charge in [-0.25, -0.2) is 9.97 Å². The van der Waals surface area contributed by atoms with Crippen LogP contribution in [0, 0.1) is 6.92 Å². The number of anilines is 2. The van der Waals surface area contributed by atoms with Gasteiger partial charge in [0, 0.05) is 29.1 Å². The van der Waals surface area contributed by atoms with Gasteiger partial charge in [-0.05, 0) is 62.6 Å². The second-order valence-electron chi connectivity index (χ2n) is 8.23. The van der Waals surface area contributed by atoms with Crippen molar-refractivity contribution in [2.45, 2.75) is 32.7 Å². The normalized spacial score (nSPS) is 11.6. The molecule has 2 N–H and O–H groups in total. The van der Waals surface area contributed by atoms with Crippen molar-refractivity contribution in [2.75, 3.05) is 5.32 Å². The molecule has 4 rings (SSSR count). The Bertz CT molecular complexity index is 1190. The minimum absolute atomic E-state index is 0.0641. The molecule has 33 heavy (non-hydrogen) atoms. The Morgan fingerprint density at radius 1 is 0.909 bits per heavy atom. The standard InChI is InChI=1S/C28H28N4O/c1-20-8-12-23(13-9-20)27-29-19-18-26(32-27)31-25-16-14-24(15-17-25)28(33)30-21(2)10-11-22-6-4-3-5-7-22/h3-9,12-19,21H,10-11H2,1-2H3,(H,30,33)(H,29,31,32). The molecule has 0 aliphatic carbocycles. The van der Waals surface area contributed by atoms with Crippen LogP contribution in [-0.4, -0.2) is 21.9 Å². The molecule has 0 saturated heterocycles. The lowest BCUT2D eigenvalue weighted by Gasteiger charge is -2.14. The van der Waals surface area contributed by atoms with Crippen LogP contribution in [0.25, 0.3) is 11.4 Å². The van der Waals surface area contributed by atoms with Gasteiger partial charge in [-0.15, -0.1) is 0 Å². The van der Waals surface area contributed by atoms with E-state index in [1.165, 1.54) is 11.1 Å². The third-order valence-corrected chi connectivity index (χ3v) is 5.47. The summed E-state index contributed by atoms with van der Waals surface area (Å²) in [4.78, 5) is 21.6. The van der Waals surface area contributed by atoms with E-state index < -0.39 is 0 Å². The first-order valence-corrected chi connectivity index (χ1v) is 11.2. The highest BCUT2D eigenvalue weighted by atomic mass is 16.1. The third-order valence-electron chi connectivity index (χ3n) is 5.47. The van der Waals surface area contributed by atoms with E-state index in [4.69, 9.17) is 0 Å². The van der Waals surface area contributed by atoms with Gasteiger partial charge >= 0.3 is 0 Å².